The number of rotatable bonds is 8. The number of methoxy groups -OCH3 is 1. The Morgan fingerprint density at radius 2 is 1.81 bits per heavy atom. The van der Waals surface area contributed by atoms with Crippen LogP contribution in [0.3, 0.4) is 0 Å². The van der Waals surface area contributed by atoms with Gasteiger partial charge in [0, 0.05) is 5.56 Å². The molecule has 14 heteroatoms. The molecule has 12 nitrogen and oxygen atoms in total. The van der Waals surface area contributed by atoms with Crippen molar-refractivity contribution in [3.63, 3.8) is 0 Å². The van der Waals surface area contributed by atoms with Crippen LogP contribution in [0.2, 0.25) is 0 Å². The second-order valence-corrected chi connectivity index (χ2v) is 10.8. The molecule has 1 heterocycles. The van der Waals surface area contributed by atoms with Crippen molar-refractivity contribution in [2.24, 2.45) is 5.73 Å². The summed E-state index contributed by atoms with van der Waals surface area (Å²) >= 11 is 0. The average molecular weight is 535 g/mol. The number of carbonyl (C=O) groups is 2. The van der Waals surface area contributed by atoms with E-state index in [4.69, 9.17) is 15.2 Å². The van der Waals surface area contributed by atoms with Crippen LogP contribution in [0, 0.1) is 5.82 Å². The molecule has 1 unspecified atom stereocenters. The molecule has 2 N–H and O–H groups in total. The lowest BCUT2D eigenvalue weighted by Crippen LogP contribution is -2.45. The molecule has 3 aromatic rings. The van der Waals surface area contributed by atoms with Crippen LogP contribution in [0.25, 0.3) is 11.4 Å². The molecule has 0 saturated heterocycles. The predicted octanol–water partition coefficient (Wildman–Crippen LogP) is 2.51. The van der Waals surface area contributed by atoms with E-state index in [0.29, 0.717) is 5.56 Å². The normalized spacial score (nSPS) is 12.6. The summed E-state index contributed by atoms with van der Waals surface area (Å²) in [4.78, 5) is 25.1. The maximum Gasteiger partial charge on any atom is 0.424 e. The molecule has 0 aliphatic rings. The number of hydrogen-bond acceptors (Lipinski definition) is 9. The van der Waals surface area contributed by atoms with Gasteiger partial charge in [-0.1, -0.05) is 12.1 Å². The Labute approximate surface area is 213 Å². The molecule has 2 aromatic carbocycles. The van der Waals surface area contributed by atoms with E-state index >= 15 is 0 Å². The van der Waals surface area contributed by atoms with Gasteiger partial charge < -0.3 is 15.2 Å². The van der Waals surface area contributed by atoms with E-state index in [9.17, 15) is 22.4 Å². The Kier molecular flexibility index (Phi) is 7.81. The first-order chi connectivity index (χ1) is 17.2. The van der Waals surface area contributed by atoms with E-state index < -0.39 is 39.1 Å². The van der Waals surface area contributed by atoms with Crippen LogP contribution >= 0.6 is 0 Å². The van der Waals surface area contributed by atoms with E-state index in [-0.39, 0.29) is 27.7 Å². The molecular formula is C23H27FN6O6S. The topological polar surface area (TPSA) is 160 Å². The maximum absolute atomic E-state index is 13.4. The molecule has 3 rings (SSSR count). The highest BCUT2D eigenvalue weighted by Gasteiger charge is 2.36. The summed E-state index contributed by atoms with van der Waals surface area (Å²) in [7, 11) is -3.38. The minimum atomic E-state index is -4.62. The Bertz CT molecular complexity index is 1400. The van der Waals surface area contributed by atoms with Gasteiger partial charge in [-0.25, -0.2) is 17.6 Å². The lowest BCUT2D eigenvalue weighted by molar-refractivity contribution is -0.118. The van der Waals surface area contributed by atoms with Crippen LogP contribution in [-0.4, -0.2) is 64.2 Å². The van der Waals surface area contributed by atoms with E-state index in [0.717, 1.165) is 5.56 Å². The van der Waals surface area contributed by atoms with Crippen molar-refractivity contribution in [3.05, 3.63) is 53.8 Å². The first-order valence-corrected chi connectivity index (χ1v) is 12.4. The fraction of sp³-hybridized carbons (Fsp3) is 0.348. The van der Waals surface area contributed by atoms with Crippen LogP contribution in [0.4, 0.5) is 9.18 Å². The highest BCUT2D eigenvalue weighted by atomic mass is 32.2. The van der Waals surface area contributed by atoms with Gasteiger partial charge >= 0.3 is 6.09 Å². The van der Waals surface area contributed by atoms with Crippen molar-refractivity contribution >= 4 is 22.0 Å². The Hall–Kier alpha value is -4.07. The molecular weight excluding hydrogens is 507 g/mol. The van der Waals surface area contributed by atoms with Crippen molar-refractivity contribution in [2.45, 2.75) is 44.2 Å². The summed E-state index contributed by atoms with van der Waals surface area (Å²) in [6, 6.07) is 9.44. The lowest BCUT2D eigenvalue weighted by atomic mass is 10.1. The zero-order valence-electron chi connectivity index (χ0n) is 20.9. The quantitative estimate of drug-likeness (QED) is 0.458. The number of carbonyl (C=O) groups excluding carboxylic acids is 2. The van der Waals surface area contributed by atoms with Crippen LogP contribution in [0.5, 0.6) is 5.75 Å². The van der Waals surface area contributed by atoms with E-state index in [1.54, 1.807) is 39.8 Å². The fourth-order valence-electron chi connectivity index (χ4n) is 3.22. The molecule has 0 saturated carbocycles. The van der Waals surface area contributed by atoms with Gasteiger partial charge in [-0.2, -0.15) is 9.10 Å². The van der Waals surface area contributed by atoms with Crippen LogP contribution in [0.1, 0.15) is 39.3 Å². The van der Waals surface area contributed by atoms with Crippen LogP contribution < -0.4 is 10.5 Å². The number of ether oxygens (including phenoxy) is 2. The summed E-state index contributed by atoms with van der Waals surface area (Å²) < 4.78 is 50.6. The fourth-order valence-corrected chi connectivity index (χ4v) is 4.62. The molecule has 37 heavy (non-hydrogen) atoms. The molecule has 2 amide bonds. The molecule has 1 aromatic heterocycles. The Balaban J connectivity index is 1.96. The largest absolute Gasteiger partial charge is 0.495 e. The molecule has 0 bridgehead atoms. The van der Waals surface area contributed by atoms with Crippen LogP contribution in [-0.2, 0) is 19.6 Å². The molecule has 0 aliphatic carbocycles. The van der Waals surface area contributed by atoms with Gasteiger partial charge in [0.05, 0.1) is 13.2 Å². The molecule has 0 fully saturated rings. The third kappa shape index (κ3) is 6.39. The summed E-state index contributed by atoms with van der Waals surface area (Å²) in [5.74, 6) is -1.40. The number of aromatic nitrogens is 4. The number of nitrogens with zero attached hydrogens (tertiary/aromatic N) is 5. The van der Waals surface area contributed by atoms with Gasteiger partial charge in [0.1, 0.15) is 28.6 Å². The second kappa shape index (κ2) is 10.5. The number of nitrogens with two attached hydrogens (primary N) is 1. The number of tetrazole rings is 1. The van der Waals surface area contributed by atoms with E-state index in [2.05, 4.69) is 15.4 Å². The van der Waals surface area contributed by atoms with Gasteiger partial charge in [0.25, 0.3) is 10.0 Å². The summed E-state index contributed by atoms with van der Waals surface area (Å²) in [6.07, 6.45) is -1.27. The van der Waals surface area contributed by atoms with Crippen molar-refractivity contribution in [3.8, 4) is 17.1 Å². The third-order valence-electron chi connectivity index (χ3n) is 5.01. The summed E-state index contributed by atoms with van der Waals surface area (Å²) in [5, 5.41) is 12.4. The SMILES string of the molecule is COc1cc(-c2nnn(C(C)c3ccc(F)cc3)n2)ccc1S(=O)(=O)N(CC(N)=O)C(=O)OC(C)(C)C. The number of halogens is 1. The zero-order chi connectivity index (χ0) is 27.5. The minimum Gasteiger partial charge on any atom is -0.495 e. The first kappa shape index (κ1) is 27.5. The second-order valence-electron chi connectivity index (χ2n) is 8.98. The van der Waals surface area contributed by atoms with Gasteiger partial charge in [-0.15, -0.1) is 10.2 Å². The average Bonchev–Trinajstić information content (AvgIpc) is 3.31. The van der Waals surface area contributed by atoms with Crippen molar-refractivity contribution in [2.75, 3.05) is 13.7 Å². The zero-order valence-corrected chi connectivity index (χ0v) is 21.7. The highest BCUT2D eigenvalue weighted by molar-refractivity contribution is 7.89. The smallest absolute Gasteiger partial charge is 0.424 e. The van der Waals surface area contributed by atoms with Gasteiger partial charge in [0.2, 0.25) is 11.7 Å². The number of primary amides is 1. The maximum atomic E-state index is 13.4. The molecule has 1 atom stereocenters. The number of sulfonamides is 1. The van der Waals surface area contributed by atoms with Crippen molar-refractivity contribution in [1.82, 2.24) is 24.5 Å². The van der Waals surface area contributed by atoms with Gasteiger partial charge in [-0.05, 0) is 68.8 Å². The Morgan fingerprint density at radius 1 is 1.16 bits per heavy atom. The first-order valence-electron chi connectivity index (χ1n) is 11.0. The summed E-state index contributed by atoms with van der Waals surface area (Å²) in [5.41, 5.74) is 5.28. The Morgan fingerprint density at radius 3 is 2.38 bits per heavy atom. The molecule has 0 aliphatic heterocycles. The monoisotopic (exact) mass is 534 g/mol. The third-order valence-corrected chi connectivity index (χ3v) is 6.77. The van der Waals surface area contributed by atoms with Crippen LogP contribution in [0.15, 0.2) is 47.4 Å². The molecule has 198 valence electrons. The summed E-state index contributed by atoms with van der Waals surface area (Å²) in [6.45, 7) is 5.52. The van der Waals surface area contributed by atoms with E-state index in [1.807, 2.05) is 0 Å². The number of amides is 2. The standard InChI is InChI=1S/C23H27FN6O6S/c1-14(15-6-9-17(24)10-7-15)30-27-21(26-28-30)16-8-11-19(18(12-16)35-5)37(33,34)29(13-20(25)31)22(32)36-23(2,3)4/h6-12,14H,13H2,1-5H3,(H2,25,31). The lowest BCUT2D eigenvalue weighted by Gasteiger charge is -2.26. The van der Waals surface area contributed by atoms with Crippen molar-refractivity contribution < 1.29 is 31.9 Å². The number of hydrogen-bond donors (Lipinski definition) is 1. The van der Waals surface area contributed by atoms with Gasteiger partial charge in [-0.3, -0.25) is 4.79 Å². The number of benzene rings is 2. The molecule has 0 spiro atoms. The molecule has 0 radical (unpaired) electrons. The van der Waals surface area contributed by atoms with Gasteiger partial charge in [0.15, 0.2) is 0 Å². The minimum absolute atomic E-state index is 0.140. The van der Waals surface area contributed by atoms with E-state index in [1.165, 1.54) is 42.2 Å². The van der Waals surface area contributed by atoms with Crippen molar-refractivity contribution in [1.29, 1.82) is 0 Å². The highest BCUT2D eigenvalue weighted by Crippen LogP contribution is 2.31. The predicted molar refractivity (Wildman–Crippen MR) is 129 cm³/mol.